The highest BCUT2D eigenvalue weighted by atomic mass is 16.7. The van der Waals surface area contributed by atoms with Crippen molar-refractivity contribution in [2.75, 3.05) is 20.3 Å². The number of hydrogen-bond acceptors (Lipinski definition) is 6. The standard InChI is InChI=1S/C24H31BO6/c1-23(2)24(3,4)31-25(30-23)19-8-6-17-13-20(9-7-16(17)12-19)28-10-11-29-21-14-18(15-21)22(26)27-5/h6-9,12-13,18,21H,10-11,14-15H2,1-5H3/t18-,21-. The number of carbonyl (C=O) groups excluding carboxylic acids is 1. The van der Waals surface area contributed by atoms with Gasteiger partial charge in [0.1, 0.15) is 12.4 Å². The molecule has 0 bridgehead atoms. The van der Waals surface area contributed by atoms with E-state index in [0.29, 0.717) is 13.2 Å². The first-order valence-electron chi connectivity index (χ1n) is 10.9. The molecule has 0 unspecified atom stereocenters. The first kappa shape index (κ1) is 22.1. The molecule has 166 valence electrons. The number of rotatable bonds is 7. The van der Waals surface area contributed by atoms with Crippen molar-refractivity contribution in [3.05, 3.63) is 36.4 Å². The van der Waals surface area contributed by atoms with Crippen LogP contribution in [0.1, 0.15) is 40.5 Å². The van der Waals surface area contributed by atoms with Gasteiger partial charge < -0.3 is 23.5 Å². The summed E-state index contributed by atoms with van der Waals surface area (Å²) in [7, 11) is 1.06. The van der Waals surface area contributed by atoms with Crippen LogP contribution in [0.5, 0.6) is 5.75 Å². The number of carbonyl (C=O) groups is 1. The first-order valence-corrected chi connectivity index (χ1v) is 10.9. The molecule has 2 aromatic carbocycles. The summed E-state index contributed by atoms with van der Waals surface area (Å²) in [6.45, 7) is 9.20. The summed E-state index contributed by atoms with van der Waals surface area (Å²) in [5.74, 6) is 0.646. The van der Waals surface area contributed by atoms with E-state index in [0.717, 1.165) is 34.8 Å². The van der Waals surface area contributed by atoms with Crippen LogP contribution in [0.25, 0.3) is 10.8 Å². The van der Waals surface area contributed by atoms with Crippen molar-refractivity contribution in [3.63, 3.8) is 0 Å². The highest BCUT2D eigenvalue weighted by Crippen LogP contribution is 2.36. The zero-order chi connectivity index (χ0) is 22.2. The van der Waals surface area contributed by atoms with E-state index in [9.17, 15) is 4.79 Å². The molecule has 4 rings (SSSR count). The van der Waals surface area contributed by atoms with Crippen molar-refractivity contribution in [2.45, 2.75) is 57.8 Å². The molecule has 31 heavy (non-hydrogen) atoms. The third-order valence-corrected chi connectivity index (χ3v) is 6.70. The Morgan fingerprint density at radius 1 is 1.00 bits per heavy atom. The topological polar surface area (TPSA) is 63.2 Å². The van der Waals surface area contributed by atoms with Crippen molar-refractivity contribution in [3.8, 4) is 5.75 Å². The number of ether oxygens (including phenoxy) is 3. The Hall–Kier alpha value is -2.09. The van der Waals surface area contributed by atoms with Crippen molar-refractivity contribution < 1.29 is 28.3 Å². The fourth-order valence-corrected chi connectivity index (χ4v) is 3.89. The van der Waals surface area contributed by atoms with E-state index in [1.807, 2.05) is 24.3 Å². The second kappa shape index (κ2) is 8.45. The lowest BCUT2D eigenvalue weighted by atomic mass is 9.78. The molecule has 6 nitrogen and oxygen atoms in total. The van der Waals surface area contributed by atoms with Gasteiger partial charge in [-0.3, -0.25) is 4.79 Å². The van der Waals surface area contributed by atoms with Crippen LogP contribution in [0, 0.1) is 5.92 Å². The number of esters is 1. The molecule has 1 aliphatic carbocycles. The van der Waals surface area contributed by atoms with Crippen molar-refractivity contribution >= 4 is 29.3 Å². The van der Waals surface area contributed by atoms with Crippen molar-refractivity contribution in [1.82, 2.24) is 0 Å². The molecule has 1 heterocycles. The summed E-state index contributed by atoms with van der Waals surface area (Å²) < 4.78 is 28.7. The van der Waals surface area contributed by atoms with Crippen LogP contribution in [0.4, 0.5) is 0 Å². The lowest BCUT2D eigenvalue weighted by Crippen LogP contribution is -2.41. The lowest BCUT2D eigenvalue weighted by molar-refractivity contribution is -0.155. The van der Waals surface area contributed by atoms with E-state index in [-0.39, 0.29) is 36.3 Å². The van der Waals surface area contributed by atoms with E-state index in [1.165, 1.54) is 7.11 Å². The van der Waals surface area contributed by atoms with Crippen molar-refractivity contribution in [2.24, 2.45) is 5.92 Å². The van der Waals surface area contributed by atoms with E-state index in [1.54, 1.807) is 0 Å². The molecular formula is C24H31BO6. The third kappa shape index (κ3) is 4.59. The van der Waals surface area contributed by atoms with Gasteiger partial charge in [-0.15, -0.1) is 0 Å². The van der Waals surface area contributed by atoms with Crippen molar-refractivity contribution in [1.29, 1.82) is 0 Å². The molecule has 0 aromatic heterocycles. The maximum atomic E-state index is 11.4. The maximum absolute atomic E-state index is 11.4. The Bertz CT molecular complexity index is 934. The summed E-state index contributed by atoms with van der Waals surface area (Å²) in [6.07, 6.45) is 1.58. The van der Waals surface area contributed by atoms with Gasteiger partial charge in [0.15, 0.2) is 0 Å². The third-order valence-electron chi connectivity index (χ3n) is 6.70. The predicted octanol–water partition coefficient (Wildman–Crippen LogP) is 3.49. The Kier molecular flexibility index (Phi) is 6.03. The molecule has 2 aliphatic rings. The van der Waals surface area contributed by atoms with Gasteiger partial charge in [0.25, 0.3) is 0 Å². The fourth-order valence-electron chi connectivity index (χ4n) is 3.89. The Morgan fingerprint density at radius 2 is 1.65 bits per heavy atom. The van der Waals surface area contributed by atoms with Gasteiger partial charge in [0.2, 0.25) is 0 Å². The van der Waals surface area contributed by atoms with Gasteiger partial charge in [-0.25, -0.2) is 0 Å². The number of fused-ring (bicyclic) bond motifs is 1. The van der Waals surface area contributed by atoms with Crippen LogP contribution in [0.3, 0.4) is 0 Å². The van der Waals surface area contributed by atoms with Crippen LogP contribution in [-0.4, -0.2) is 50.7 Å². The number of benzene rings is 2. The van der Waals surface area contributed by atoms with Crippen LogP contribution in [-0.2, 0) is 23.6 Å². The van der Waals surface area contributed by atoms with Crippen LogP contribution >= 0.6 is 0 Å². The average molecular weight is 426 g/mol. The minimum Gasteiger partial charge on any atom is -0.491 e. The van der Waals surface area contributed by atoms with Crippen LogP contribution < -0.4 is 10.2 Å². The van der Waals surface area contributed by atoms with E-state index < -0.39 is 0 Å². The van der Waals surface area contributed by atoms with Gasteiger partial charge in [0, 0.05) is 0 Å². The monoisotopic (exact) mass is 426 g/mol. The minimum absolute atomic E-state index is 0.0153. The molecule has 0 radical (unpaired) electrons. The summed E-state index contributed by atoms with van der Waals surface area (Å²) >= 11 is 0. The molecule has 1 saturated carbocycles. The van der Waals surface area contributed by atoms with Gasteiger partial charge >= 0.3 is 13.1 Å². The van der Waals surface area contributed by atoms with Gasteiger partial charge in [-0.2, -0.15) is 0 Å². The van der Waals surface area contributed by atoms with E-state index in [2.05, 4.69) is 39.8 Å². The SMILES string of the molecule is COC(=O)[C@H]1C[C@H](OCCOc2ccc3cc(B4OC(C)(C)C(C)(C)O4)ccc3c2)C1. The van der Waals surface area contributed by atoms with Gasteiger partial charge in [-0.05, 0) is 68.9 Å². The maximum Gasteiger partial charge on any atom is 0.494 e. The van der Waals surface area contributed by atoms with E-state index >= 15 is 0 Å². The number of methoxy groups -OCH3 is 1. The number of hydrogen-bond donors (Lipinski definition) is 0. The molecule has 0 atom stereocenters. The molecule has 1 aliphatic heterocycles. The summed E-state index contributed by atoms with van der Waals surface area (Å²) in [4.78, 5) is 11.4. The molecule has 7 heteroatoms. The average Bonchev–Trinajstić information content (AvgIpc) is 2.92. The minimum atomic E-state index is -0.368. The van der Waals surface area contributed by atoms with E-state index in [4.69, 9.17) is 23.5 Å². The molecule has 0 spiro atoms. The second-order valence-electron chi connectivity index (χ2n) is 9.39. The Balaban J connectivity index is 1.29. The second-order valence-corrected chi connectivity index (χ2v) is 9.39. The molecule has 2 fully saturated rings. The highest BCUT2D eigenvalue weighted by Gasteiger charge is 2.51. The normalized spacial score (nSPS) is 24.1. The highest BCUT2D eigenvalue weighted by molar-refractivity contribution is 6.62. The molecular weight excluding hydrogens is 395 g/mol. The molecule has 0 N–H and O–H groups in total. The largest absolute Gasteiger partial charge is 0.494 e. The summed E-state index contributed by atoms with van der Waals surface area (Å²) in [5.41, 5.74) is 0.303. The summed E-state index contributed by atoms with van der Waals surface area (Å²) in [5, 5.41) is 2.21. The fraction of sp³-hybridized carbons (Fsp3) is 0.542. The van der Waals surface area contributed by atoms with Crippen LogP contribution in [0.15, 0.2) is 36.4 Å². The molecule has 2 aromatic rings. The zero-order valence-corrected chi connectivity index (χ0v) is 19.0. The molecule has 0 amide bonds. The molecule has 1 saturated heterocycles. The summed E-state index contributed by atoms with van der Waals surface area (Å²) in [6, 6.07) is 12.3. The van der Waals surface area contributed by atoms with Gasteiger partial charge in [0.05, 0.1) is 36.9 Å². The lowest BCUT2D eigenvalue weighted by Gasteiger charge is -2.32. The Labute approximate surface area is 184 Å². The quantitative estimate of drug-likeness (QED) is 0.384. The smallest absolute Gasteiger partial charge is 0.491 e. The van der Waals surface area contributed by atoms with Gasteiger partial charge in [-0.1, -0.05) is 24.3 Å². The first-order chi connectivity index (χ1) is 14.7. The predicted molar refractivity (Wildman–Crippen MR) is 120 cm³/mol. The zero-order valence-electron chi connectivity index (χ0n) is 19.0. The Morgan fingerprint density at radius 3 is 2.32 bits per heavy atom. The van der Waals surface area contributed by atoms with Crippen LogP contribution in [0.2, 0.25) is 0 Å².